The fraction of sp³-hybridized carbons (Fsp3) is 0.750. The minimum Gasteiger partial charge on any atom is -0.465 e. The topological polar surface area (TPSA) is 51.2 Å². The molecule has 1 rings (SSSR count). The van der Waals surface area contributed by atoms with Gasteiger partial charge in [0.05, 0.1) is 12.3 Å². The van der Waals surface area contributed by atoms with Crippen LogP contribution in [-0.2, 0) is 14.9 Å². The number of carbonyl (C=O) groups is 1. The molecule has 1 N–H and O–H groups in total. The lowest BCUT2D eigenvalue weighted by Gasteiger charge is -2.19. The number of unbranched alkanes of at least 4 members (excludes halogenated alkanes) is 1. The molecule has 1 heterocycles. The molecule has 1 aromatic rings. The summed E-state index contributed by atoms with van der Waals surface area (Å²) < 4.78 is 5.11. The smallest absolute Gasteiger partial charge is 0.317 e. The highest BCUT2D eigenvalue weighted by atomic mass is 32.1. The van der Waals surface area contributed by atoms with E-state index >= 15 is 0 Å². The van der Waals surface area contributed by atoms with Crippen LogP contribution in [-0.4, -0.2) is 24.1 Å². The number of hydrogen-bond acceptors (Lipinski definition) is 5. The molecule has 120 valence electrons. The van der Waals surface area contributed by atoms with Gasteiger partial charge in [-0.3, -0.25) is 4.79 Å². The maximum absolute atomic E-state index is 12.0. The summed E-state index contributed by atoms with van der Waals surface area (Å²) in [6.07, 6.45) is 3.65. The largest absolute Gasteiger partial charge is 0.465 e. The number of ether oxygens (including phenoxy) is 1. The number of nitrogens with one attached hydrogen (secondary N) is 1. The van der Waals surface area contributed by atoms with E-state index in [2.05, 4.69) is 24.1 Å². The average molecular weight is 312 g/mol. The second-order valence-electron chi connectivity index (χ2n) is 6.20. The van der Waals surface area contributed by atoms with Crippen molar-refractivity contribution in [2.75, 3.05) is 18.5 Å². The van der Waals surface area contributed by atoms with Gasteiger partial charge in [-0.25, -0.2) is 4.98 Å². The van der Waals surface area contributed by atoms with Gasteiger partial charge >= 0.3 is 5.97 Å². The normalized spacial score (nSPS) is 11.7. The average Bonchev–Trinajstić information content (AvgIpc) is 2.87. The van der Waals surface area contributed by atoms with Gasteiger partial charge in [0.1, 0.15) is 5.41 Å². The van der Waals surface area contributed by atoms with Gasteiger partial charge in [0.2, 0.25) is 0 Å². The van der Waals surface area contributed by atoms with Crippen LogP contribution >= 0.6 is 11.3 Å². The summed E-state index contributed by atoms with van der Waals surface area (Å²) in [7, 11) is 0. The number of anilines is 1. The minimum absolute atomic E-state index is 0.223. The molecule has 0 aliphatic carbocycles. The predicted molar refractivity (Wildman–Crippen MR) is 89.0 cm³/mol. The zero-order chi connectivity index (χ0) is 15.9. The van der Waals surface area contributed by atoms with Crippen molar-refractivity contribution in [3.63, 3.8) is 0 Å². The molecule has 4 nitrogen and oxygen atoms in total. The first-order valence-electron chi connectivity index (χ1n) is 7.75. The van der Waals surface area contributed by atoms with E-state index in [1.807, 2.05) is 26.2 Å². The molecular formula is C16H28N2O2S. The van der Waals surface area contributed by atoms with Crippen molar-refractivity contribution in [1.82, 2.24) is 4.98 Å². The van der Waals surface area contributed by atoms with E-state index in [9.17, 15) is 4.79 Å². The highest BCUT2D eigenvalue weighted by Crippen LogP contribution is 2.28. The maximum Gasteiger partial charge on any atom is 0.317 e. The van der Waals surface area contributed by atoms with Crippen LogP contribution in [0.3, 0.4) is 0 Å². The van der Waals surface area contributed by atoms with E-state index in [1.54, 1.807) is 11.3 Å². The number of hydrogen-bond donors (Lipinski definition) is 1. The lowest BCUT2D eigenvalue weighted by molar-refractivity contribution is -0.148. The van der Waals surface area contributed by atoms with E-state index in [1.165, 1.54) is 12.8 Å². The Bertz CT molecular complexity index is 441. The summed E-state index contributed by atoms with van der Waals surface area (Å²) >= 11 is 1.55. The Hall–Kier alpha value is -1.10. The van der Waals surface area contributed by atoms with Crippen molar-refractivity contribution in [3.8, 4) is 0 Å². The fourth-order valence-electron chi connectivity index (χ4n) is 1.93. The third kappa shape index (κ3) is 5.65. The SMILES string of the molecule is CCOC(=O)C(C)(C)c1csc(NCCCCC(C)C)n1. The monoisotopic (exact) mass is 312 g/mol. The number of aromatic nitrogens is 1. The van der Waals surface area contributed by atoms with Gasteiger partial charge in [-0.1, -0.05) is 26.7 Å². The van der Waals surface area contributed by atoms with Gasteiger partial charge < -0.3 is 10.1 Å². The standard InChI is InChI=1S/C16H28N2O2S/c1-6-20-14(19)16(4,5)13-11-21-15(18-13)17-10-8-7-9-12(2)3/h11-12H,6-10H2,1-5H3,(H,17,18). The summed E-state index contributed by atoms with van der Waals surface area (Å²) in [4.78, 5) is 16.5. The Morgan fingerprint density at radius 3 is 2.76 bits per heavy atom. The molecule has 0 bridgehead atoms. The Labute approximate surface area is 132 Å². The van der Waals surface area contributed by atoms with Gasteiger partial charge in [0.15, 0.2) is 5.13 Å². The summed E-state index contributed by atoms with van der Waals surface area (Å²) in [5, 5.41) is 6.16. The zero-order valence-corrected chi connectivity index (χ0v) is 14.7. The van der Waals surface area contributed by atoms with Crippen molar-refractivity contribution in [2.24, 2.45) is 5.92 Å². The van der Waals surface area contributed by atoms with Crippen LogP contribution in [0.2, 0.25) is 0 Å². The molecule has 0 aromatic carbocycles. The van der Waals surface area contributed by atoms with Crippen molar-refractivity contribution in [2.45, 2.75) is 59.3 Å². The Balaban J connectivity index is 2.47. The van der Waals surface area contributed by atoms with E-state index in [0.717, 1.165) is 29.7 Å². The molecule has 1 aromatic heterocycles. The Morgan fingerprint density at radius 2 is 2.14 bits per heavy atom. The van der Waals surface area contributed by atoms with Crippen LogP contribution in [0.4, 0.5) is 5.13 Å². The number of rotatable bonds is 9. The van der Waals surface area contributed by atoms with Crippen molar-refractivity contribution >= 4 is 22.4 Å². The van der Waals surface area contributed by atoms with Crippen molar-refractivity contribution < 1.29 is 9.53 Å². The summed E-state index contributed by atoms with van der Waals surface area (Å²) in [6.45, 7) is 11.3. The molecule has 0 atom stereocenters. The lowest BCUT2D eigenvalue weighted by atomic mass is 9.90. The highest BCUT2D eigenvalue weighted by molar-refractivity contribution is 7.13. The van der Waals surface area contributed by atoms with Gasteiger partial charge in [-0.05, 0) is 33.1 Å². The number of esters is 1. The second kappa shape index (κ2) is 8.37. The van der Waals surface area contributed by atoms with Gasteiger partial charge in [-0.2, -0.15) is 0 Å². The van der Waals surface area contributed by atoms with Crippen LogP contribution in [0.5, 0.6) is 0 Å². The molecule has 0 amide bonds. The van der Waals surface area contributed by atoms with Crippen LogP contribution in [0.15, 0.2) is 5.38 Å². The van der Waals surface area contributed by atoms with Gasteiger partial charge in [0.25, 0.3) is 0 Å². The first kappa shape index (κ1) is 18.0. The van der Waals surface area contributed by atoms with Gasteiger partial charge in [-0.15, -0.1) is 11.3 Å². The molecule has 0 saturated heterocycles. The molecule has 0 unspecified atom stereocenters. The molecule has 0 spiro atoms. The fourth-order valence-corrected chi connectivity index (χ4v) is 2.84. The summed E-state index contributed by atoms with van der Waals surface area (Å²) in [6, 6.07) is 0. The summed E-state index contributed by atoms with van der Waals surface area (Å²) in [5.41, 5.74) is 0.0833. The molecule has 0 radical (unpaired) electrons. The maximum atomic E-state index is 12.0. The second-order valence-corrected chi connectivity index (χ2v) is 7.06. The van der Waals surface area contributed by atoms with Crippen LogP contribution in [0.1, 0.15) is 59.6 Å². The highest BCUT2D eigenvalue weighted by Gasteiger charge is 2.33. The molecule has 0 fully saturated rings. The Morgan fingerprint density at radius 1 is 1.43 bits per heavy atom. The molecule has 0 aliphatic rings. The molecular weight excluding hydrogens is 284 g/mol. The number of nitrogens with zero attached hydrogens (tertiary/aromatic N) is 1. The van der Waals surface area contributed by atoms with Crippen LogP contribution < -0.4 is 5.32 Å². The van der Waals surface area contributed by atoms with E-state index in [0.29, 0.717) is 6.61 Å². The van der Waals surface area contributed by atoms with Gasteiger partial charge in [0, 0.05) is 11.9 Å². The molecule has 21 heavy (non-hydrogen) atoms. The lowest BCUT2D eigenvalue weighted by Crippen LogP contribution is -2.31. The molecule has 0 aliphatic heterocycles. The third-order valence-corrected chi connectivity index (χ3v) is 4.21. The van der Waals surface area contributed by atoms with Crippen LogP contribution in [0, 0.1) is 5.92 Å². The molecule has 5 heteroatoms. The predicted octanol–water partition coefficient (Wildman–Crippen LogP) is 4.22. The zero-order valence-electron chi connectivity index (χ0n) is 13.9. The first-order valence-corrected chi connectivity index (χ1v) is 8.63. The van der Waals surface area contributed by atoms with Crippen LogP contribution in [0.25, 0.3) is 0 Å². The van der Waals surface area contributed by atoms with E-state index in [4.69, 9.17) is 4.74 Å². The molecule has 0 saturated carbocycles. The number of carbonyl (C=O) groups excluding carboxylic acids is 1. The van der Waals surface area contributed by atoms with Crippen molar-refractivity contribution in [3.05, 3.63) is 11.1 Å². The quantitative estimate of drug-likeness (QED) is 0.548. The Kier molecular flexibility index (Phi) is 7.15. The third-order valence-electron chi connectivity index (χ3n) is 3.41. The van der Waals surface area contributed by atoms with E-state index < -0.39 is 5.41 Å². The summed E-state index contributed by atoms with van der Waals surface area (Å²) in [5.74, 6) is 0.542. The van der Waals surface area contributed by atoms with Crippen molar-refractivity contribution in [1.29, 1.82) is 0 Å². The van der Waals surface area contributed by atoms with E-state index in [-0.39, 0.29) is 5.97 Å². The number of thiazole rings is 1. The first-order chi connectivity index (χ1) is 9.87. The minimum atomic E-state index is -0.690.